The van der Waals surface area contributed by atoms with Gasteiger partial charge in [0.1, 0.15) is 17.8 Å². The van der Waals surface area contributed by atoms with Crippen molar-refractivity contribution in [2.24, 2.45) is 0 Å². The highest BCUT2D eigenvalue weighted by Crippen LogP contribution is 2.14. The number of benzene rings is 1. The minimum absolute atomic E-state index is 0.180. The lowest BCUT2D eigenvalue weighted by Crippen LogP contribution is -2.62. The molecule has 120 valence electrons. The average Bonchev–Trinajstić information content (AvgIpc) is 3.06. The summed E-state index contributed by atoms with van der Waals surface area (Å²) in [6, 6.07) is 6.28. The van der Waals surface area contributed by atoms with Crippen molar-refractivity contribution < 1.29 is 14.3 Å². The minimum Gasteiger partial charge on any atom is -0.497 e. The molecule has 0 saturated carbocycles. The van der Waals surface area contributed by atoms with Crippen LogP contribution >= 0.6 is 0 Å². The lowest BCUT2D eigenvalue weighted by Gasteiger charge is -2.29. The first-order valence-electron chi connectivity index (χ1n) is 7.37. The zero-order valence-corrected chi connectivity index (χ0v) is 12.7. The van der Waals surface area contributed by atoms with Crippen LogP contribution in [0.1, 0.15) is 11.3 Å². The Labute approximate surface area is 133 Å². The van der Waals surface area contributed by atoms with Crippen molar-refractivity contribution in [3.8, 4) is 5.75 Å². The molecule has 0 bridgehead atoms. The molecule has 2 amide bonds. The van der Waals surface area contributed by atoms with Crippen LogP contribution in [0.5, 0.6) is 5.75 Å². The Balaban J connectivity index is 1.62. The second-order valence-corrected chi connectivity index (χ2v) is 5.44. The summed E-state index contributed by atoms with van der Waals surface area (Å²) < 4.78 is 5.10. The summed E-state index contributed by atoms with van der Waals surface area (Å²) in [5, 5.41) is 5.55. The summed E-state index contributed by atoms with van der Waals surface area (Å²) in [6.07, 6.45) is 4.07. The first-order chi connectivity index (χ1) is 11.2. The maximum atomic E-state index is 12.2. The first-order valence-corrected chi connectivity index (χ1v) is 7.37. The Kier molecular flexibility index (Phi) is 4.27. The Morgan fingerprint density at radius 2 is 1.70 bits per heavy atom. The van der Waals surface area contributed by atoms with Crippen LogP contribution < -0.4 is 15.4 Å². The van der Waals surface area contributed by atoms with Gasteiger partial charge in [0, 0.05) is 19.0 Å². The second kappa shape index (κ2) is 6.51. The van der Waals surface area contributed by atoms with Gasteiger partial charge in [0.05, 0.1) is 19.1 Å². The summed E-state index contributed by atoms with van der Waals surface area (Å²) in [5.41, 5.74) is 1.69. The maximum absolute atomic E-state index is 12.2. The van der Waals surface area contributed by atoms with E-state index in [1.54, 1.807) is 19.6 Å². The van der Waals surface area contributed by atoms with Gasteiger partial charge >= 0.3 is 0 Å². The van der Waals surface area contributed by atoms with Gasteiger partial charge in [0.2, 0.25) is 11.8 Å². The molecule has 0 unspecified atom stereocenters. The number of aromatic amines is 1. The second-order valence-electron chi connectivity index (χ2n) is 5.44. The maximum Gasteiger partial charge on any atom is 0.243 e. The summed E-state index contributed by atoms with van der Waals surface area (Å²) >= 11 is 0. The number of methoxy groups -OCH3 is 1. The monoisotopic (exact) mass is 314 g/mol. The first kappa shape index (κ1) is 15.1. The number of hydrogen-bond acceptors (Lipinski definition) is 4. The zero-order chi connectivity index (χ0) is 16.2. The van der Waals surface area contributed by atoms with Crippen molar-refractivity contribution in [2.75, 3.05) is 7.11 Å². The van der Waals surface area contributed by atoms with E-state index in [0.717, 1.165) is 17.0 Å². The number of piperazine rings is 1. The van der Waals surface area contributed by atoms with E-state index in [0.29, 0.717) is 12.8 Å². The van der Waals surface area contributed by atoms with Crippen LogP contribution in [-0.4, -0.2) is 41.0 Å². The largest absolute Gasteiger partial charge is 0.497 e. The summed E-state index contributed by atoms with van der Waals surface area (Å²) in [4.78, 5) is 31.3. The normalized spacial score (nSPS) is 20.7. The fraction of sp³-hybridized carbons (Fsp3) is 0.312. The van der Waals surface area contributed by atoms with Gasteiger partial charge < -0.3 is 20.4 Å². The Morgan fingerprint density at radius 3 is 2.26 bits per heavy atom. The summed E-state index contributed by atoms with van der Waals surface area (Å²) in [7, 11) is 1.60. The van der Waals surface area contributed by atoms with Crippen molar-refractivity contribution in [1.29, 1.82) is 0 Å². The molecule has 0 spiro atoms. The molecule has 1 aromatic heterocycles. The number of nitrogens with zero attached hydrogens (tertiary/aromatic N) is 1. The number of carbonyl (C=O) groups is 2. The van der Waals surface area contributed by atoms with Crippen LogP contribution in [-0.2, 0) is 22.4 Å². The Hall–Kier alpha value is -2.83. The van der Waals surface area contributed by atoms with E-state index in [-0.39, 0.29) is 11.8 Å². The van der Waals surface area contributed by atoms with Crippen LogP contribution in [0.15, 0.2) is 36.8 Å². The highest BCUT2D eigenvalue weighted by molar-refractivity contribution is 5.97. The Morgan fingerprint density at radius 1 is 1.04 bits per heavy atom. The minimum atomic E-state index is -0.585. The molecule has 3 rings (SSSR count). The van der Waals surface area contributed by atoms with Gasteiger partial charge in [-0.2, -0.15) is 0 Å². The van der Waals surface area contributed by atoms with Crippen LogP contribution in [0.25, 0.3) is 0 Å². The molecule has 1 aromatic carbocycles. The SMILES string of the molecule is COc1ccc(C[C@H]2NC(=O)[C@@H](Cc3c[nH]cn3)NC2=O)cc1. The predicted octanol–water partition coefficient (Wildman–Crippen LogP) is 0.187. The molecule has 2 atom stereocenters. The molecule has 2 heterocycles. The van der Waals surface area contributed by atoms with Crippen LogP contribution in [0.3, 0.4) is 0 Å². The molecule has 1 aliphatic rings. The molecule has 0 radical (unpaired) electrons. The smallest absolute Gasteiger partial charge is 0.243 e. The van der Waals surface area contributed by atoms with E-state index < -0.39 is 12.1 Å². The van der Waals surface area contributed by atoms with Crippen molar-refractivity contribution in [3.05, 3.63) is 48.0 Å². The van der Waals surface area contributed by atoms with Crippen molar-refractivity contribution >= 4 is 11.8 Å². The van der Waals surface area contributed by atoms with Crippen molar-refractivity contribution in [2.45, 2.75) is 24.9 Å². The third-order valence-electron chi connectivity index (χ3n) is 3.83. The molecule has 7 heteroatoms. The molecule has 0 aliphatic carbocycles. The standard InChI is InChI=1S/C16H18N4O3/c1-23-12-4-2-10(3-5-12)6-13-15(21)20-14(16(22)19-13)7-11-8-17-9-18-11/h2-5,8-9,13-14H,6-7H2,1H3,(H,17,18)(H,19,22)(H,20,21)/t13-,14-/m1/s1. The number of hydrogen-bond donors (Lipinski definition) is 3. The molecular formula is C16H18N4O3. The number of amides is 2. The number of nitrogens with one attached hydrogen (secondary N) is 3. The zero-order valence-electron chi connectivity index (χ0n) is 12.7. The molecule has 7 nitrogen and oxygen atoms in total. The summed E-state index contributed by atoms with van der Waals surface area (Å²) in [6.45, 7) is 0. The molecule has 23 heavy (non-hydrogen) atoms. The lowest BCUT2D eigenvalue weighted by molar-refractivity contribution is -0.136. The highest BCUT2D eigenvalue weighted by Gasteiger charge is 2.33. The van der Waals surface area contributed by atoms with E-state index in [1.165, 1.54) is 0 Å². The van der Waals surface area contributed by atoms with Gasteiger partial charge in [-0.3, -0.25) is 9.59 Å². The number of carbonyl (C=O) groups excluding carboxylic acids is 2. The highest BCUT2D eigenvalue weighted by atomic mass is 16.5. The number of H-pyrrole nitrogens is 1. The van der Waals surface area contributed by atoms with E-state index in [9.17, 15) is 9.59 Å². The molecule has 1 saturated heterocycles. The van der Waals surface area contributed by atoms with Gasteiger partial charge in [-0.1, -0.05) is 12.1 Å². The molecular weight excluding hydrogens is 296 g/mol. The molecule has 1 fully saturated rings. The average molecular weight is 314 g/mol. The number of rotatable bonds is 5. The van der Waals surface area contributed by atoms with E-state index in [2.05, 4.69) is 20.6 Å². The van der Waals surface area contributed by atoms with Gasteiger partial charge in [-0.05, 0) is 17.7 Å². The van der Waals surface area contributed by atoms with Gasteiger partial charge in [-0.25, -0.2) is 4.98 Å². The predicted molar refractivity (Wildman–Crippen MR) is 82.9 cm³/mol. The number of aromatic nitrogens is 2. The van der Waals surface area contributed by atoms with Crippen molar-refractivity contribution in [3.63, 3.8) is 0 Å². The van der Waals surface area contributed by atoms with Gasteiger partial charge in [-0.15, -0.1) is 0 Å². The fourth-order valence-electron chi connectivity index (χ4n) is 2.57. The van der Waals surface area contributed by atoms with Crippen LogP contribution in [0.4, 0.5) is 0 Å². The fourth-order valence-corrected chi connectivity index (χ4v) is 2.57. The van der Waals surface area contributed by atoms with Crippen molar-refractivity contribution in [1.82, 2.24) is 20.6 Å². The van der Waals surface area contributed by atoms with Gasteiger partial charge in [0.15, 0.2) is 0 Å². The quantitative estimate of drug-likeness (QED) is 0.734. The van der Waals surface area contributed by atoms with Crippen LogP contribution in [0, 0.1) is 0 Å². The van der Waals surface area contributed by atoms with Crippen LogP contribution in [0.2, 0.25) is 0 Å². The third kappa shape index (κ3) is 3.50. The van der Waals surface area contributed by atoms with E-state index in [1.807, 2.05) is 24.3 Å². The number of ether oxygens (including phenoxy) is 1. The molecule has 2 aromatic rings. The topological polar surface area (TPSA) is 96.1 Å². The van der Waals surface area contributed by atoms with E-state index >= 15 is 0 Å². The third-order valence-corrected chi connectivity index (χ3v) is 3.83. The summed E-state index contributed by atoms with van der Waals surface area (Å²) in [5.74, 6) is 0.386. The van der Waals surface area contributed by atoms with Gasteiger partial charge in [0.25, 0.3) is 0 Å². The lowest BCUT2D eigenvalue weighted by atomic mass is 10.0. The molecule has 1 aliphatic heterocycles. The molecule has 3 N–H and O–H groups in total. The van der Waals surface area contributed by atoms with E-state index in [4.69, 9.17) is 4.74 Å². The Bertz CT molecular complexity index is 682. The number of imidazole rings is 1.